The lowest BCUT2D eigenvalue weighted by Crippen LogP contribution is -2.23. The second kappa shape index (κ2) is 7.75. The monoisotopic (exact) mass is 410 g/mol. The summed E-state index contributed by atoms with van der Waals surface area (Å²) in [5.74, 6) is -0.0688. The van der Waals surface area contributed by atoms with Crippen LogP contribution in [0, 0.1) is 20.7 Å². The molecule has 2 rings (SSSR count). The Labute approximate surface area is 141 Å². The number of nitrogens with zero attached hydrogens (tertiary/aromatic N) is 1. The largest absolute Gasteiger partial charge is 0.479 e. The summed E-state index contributed by atoms with van der Waals surface area (Å²) in [5, 5.41) is 11.3. The average Bonchev–Trinajstić information content (AvgIpc) is 2.51. The van der Waals surface area contributed by atoms with Gasteiger partial charge >= 0.3 is 0 Å². The molecule has 6 heteroatoms. The minimum Gasteiger partial charge on any atom is -0.479 e. The van der Waals surface area contributed by atoms with E-state index < -0.39 is 0 Å². The van der Waals surface area contributed by atoms with Crippen LogP contribution < -0.4 is 10.1 Å². The zero-order valence-corrected chi connectivity index (χ0v) is 13.6. The van der Waals surface area contributed by atoms with Gasteiger partial charge in [0.1, 0.15) is 17.6 Å². The second-order valence-electron chi connectivity index (χ2n) is 4.40. The molecule has 0 aliphatic carbocycles. The lowest BCUT2D eigenvalue weighted by Gasteiger charge is -2.08. The van der Waals surface area contributed by atoms with Crippen LogP contribution in [-0.2, 0) is 6.54 Å². The lowest BCUT2D eigenvalue weighted by molar-refractivity contribution is 0.0950. The maximum atomic E-state index is 13.0. The van der Waals surface area contributed by atoms with Gasteiger partial charge in [0.15, 0.2) is 6.61 Å². The fourth-order valence-electron chi connectivity index (χ4n) is 1.81. The minimum atomic E-state index is -0.372. The van der Waals surface area contributed by atoms with Crippen molar-refractivity contribution in [1.82, 2.24) is 5.32 Å². The van der Waals surface area contributed by atoms with Crippen LogP contribution in [0.2, 0.25) is 0 Å². The summed E-state index contributed by atoms with van der Waals surface area (Å²) in [6, 6.07) is 13.0. The van der Waals surface area contributed by atoms with Crippen molar-refractivity contribution in [3.05, 3.63) is 63.0 Å². The Balaban J connectivity index is 2.00. The highest BCUT2D eigenvalue weighted by molar-refractivity contribution is 14.1. The molecule has 2 aromatic rings. The van der Waals surface area contributed by atoms with Gasteiger partial charge in [-0.15, -0.1) is 0 Å². The molecule has 2 aromatic carbocycles. The first kappa shape index (κ1) is 16.2. The van der Waals surface area contributed by atoms with Crippen LogP contribution in [0.3, 0.4) is 0 Å². The molecular weight excluding hydrogens is 398 g/mol. The SMILES string of the molecule is N#CCOc1cccc(CNC(=O)c2ccc(F)cc2I)c1. The quantitative estimate of drug-likeness (QED) is 0.770. The number of carbonyl (C=O) groups excluding carboxylic acids is 1. The number of amides is 1. The van der Waals surface area contributed by atoms with Gasteiger partial charge in [0.25, 0.3) is 5.91 Å². The standard InChI is InChI=1S/C16H12FIN2O2/c17-12-4-5-14(15(18)9-12)16(21)20-10-11-2-1-3-13(8-11)22-7-6-19/h1-5,8-9H,7,10H2,(H,20,21). The van der Waals surface area contributed by atoms with Crippen LogP contribution in [0.4, 0.5) is 4.39 Å². The van der Waals surface area contributed by atoms with E-state index in [2.05, 4.69) is 5.32 Å². The van der Waals surface area contributed by atoms with E-state index in [1.165, 1.54) is 18.2 Å². The molecular formula is C16H12FIN2O2. The Bertz CT molecular complexity index is 728. The first-order valence-corrected chi connectivity index (χ1v) is 7.50. The highest BCUT2D eigenvalue weighted by atomic mass is 127. The first-order valence-electron chi connectivity index (χ1n) is 6.42. The fraction of sp³-hybridized carbons (Fsp3) is 0.125. The number of hydrogen-bond acceptors (Lipinski definition) is 3. The zero-order valence-electron chi connectivity index (χ0n) is 11.5. The summed E-state index contributed by atoms with van der Waals surface area (Å²) >= 11 is 1.92. The second-order valence-corrected chi connectivity index (χ2v) is 5.56. The van der Waals surface area contributed by atoms with Gasteiger partial charge in [-0.1, -0.05) is 12.1 Å². The third-order valence-corrected chi connectivity index (χ3v) is 3.72. The van der Waals surface area contributed by atoms with Crippen LogP contribution >= 0.6 is 22.6 Å². The number of nitriles is 1. The predicted molar refractivity (Wildman–Crippen MR) is 87.8 cm³/mol. The summed E-state index contributed by atoms with van der Waals surface area (Å²) in [6.45, 7) is 0.291. The molecule has 0 unspecified atom stereocenters. The molecule has 112 valence electrons. The molecule has 1 amide bonds. The van der Waals surface area contributed by atoms with Gasteiger partial charge in [-0.2, -0.15) is 5.26 Å². The topological polar surface area (TPSA) is 62.1 Å². The molecule has 0 saturated carbocycles. The number of ether oxygens (including phenoxy) is 1. The van der Waals surface area contributed by atoms with E-state index in [0.29, 0.717) is 21.4 Å². The van der Waals surface area contributed by atoms with Gasteiger partial charge in [0.2, 0.25) is 0 Å². The highest BCUT2D eigenvalue weighted by Crippen LogP contribution is 2.15. The third-order valence-electron chi connectivity index (χ3n) is 2.83. The fourth-order valence-corrected chi connectivity index (χ4v) is 2.53. The predicted octanol–water partition coefficient (Wildman–Crippen LogP) is 3.26. The molecule has 0 bridgehead atoms. The van der Waals surface area contributed by atoms with E-state index in [1.54, 1.807) is 18.2 Å². The molecule has 22 heavy (non-hydrogen) atoms. The van der Waals surface area contributed by atoms with E-state index in [-0.39, 0.29) is 18.3 Å². The maximum Gasteiger partial charge on any atom is 0.252 e. The van der Waals surface area contributed by atoms with Crippen molar-refractivity contribution in [2.24, 2.45) is 0 Å². The molecule has 0 atom stereocenters. The van der Waals surface area contributed by atoms with Crippen molar-refractivity contribution >= 4 is 28.5 Å². The Morgan fingerprint density at radius 3 is 2.86 bits per heavy atom. The Hall–Kier alpha value is -2.14. The third kappa shape index (κ3) is 4.43. The minimum absolute atomic E-state index is 0.0242. The number of nitrogens with one attached hydrogen (secondary N) is 1. The molecule has 0 fully saturated rings. The number of halogens is 2. The van der Waals surface area contributed by atoms with Crippen LogP contribution in [0.5, 0.6) is 5.75 Å². The zero-order chi connectivity index (χ0) is 15.9. The van der Waals surface area contributed by atoms with Crippen molar-refractivity contribution in [2.45, 2.75) is 6.54 Å². The van der Waals surface area contributed by atoms with Crippen LogP contribution in [0.1, 0.15) is 15.9 Å². The normalized spacial score (nSPS) is 9.86. The molecule has 0 aromatic heterocycles. The average molecular weight is 410 g/mol. The van der Waals surface area contributed by atoms with Crippen molar-refractivity contribution in [3.63, 3.8) is 0 Å². The van der Waals surface area contributed by atoms with Gasteiger partial charge in [-0.3, -0.25) is 4.79 Å². The summed E-state index contributed by atoms with van der Waals surface area (Å²) in [4.78, 5) is 12.1. The molecule has 0 heterocycles. The molecule has 0 aliphatic heterocycles. The number of benzene rings is 2. The van der Waals surface area contributed by atoms with E-state index >= 15 is 0 Å². The van der Waals surface area contributed by atoms with Crippen molar-refractivity contribution in [3.8, 4) is 11.8 Å². The first-order chi connectivity index (χ1) is 10.6. The number of carbonyl (C=O) groups is 1. The molecule has 0 aliphatic rings. The van der Waals surface area contributed by atoms with E-state index in [1.807, 2.05) is 34.7 Å². The molecule has 0 spiro atoms. The molecule has 1 N–H and O–H groups in total. The van der Waals surface area contributed by atoms with E-state index in [0.717, 1.165) is 5.56 Å². The summed E-state index contributed by atoms with van der Waals surface area (Å²) in [7, 11) is 0. The number of hydrogen-bond donors (Lipinski definition) is 1. The number of rotatable bonds is 5. The van der Waals surface area contributed by atoms with Gasteiger partial charge in [0.05, 0.1) is 5.56 Å². The Kier molecular flexibility index (Phi) is 5.72. The Morgan fingerprint density at radius 1 is 1.32 bits per heavy atom. The summed E-state index contributed by atoms with van der Waals surface area (Å²) < 4.78 is 18.8. The molecule has 4 nitrogen and oxygen atoms in total. The maximum absolute atomic E-state index is 13.0. The molecule has 0 radical (unpaired) electrons. The van der Waals surface area contributed by atoms with Crippen LogP contribution in [-0.4, -0.2) is 12.5 Å². The van der Waals surface area contributed by atoms with E-state index in [9.17, 15) is 9.18 Å². The van der Waals surface area contributed by atoms with Crippen LogP contribution in [0.25, 0.3) is 0 Å². The van der Waals surface area contributed by atoms with Crippen LogP contribution in [0.15, 0.2) is 42.5 Å². The summed E-state index contributed by atoms with van der Waals surface area (Å²) in [6.07, 6.45) is 0. The van der Waals surface area contributed by atoms with Gasteiger partial charge < -0.3 is 10.1 Å². The smallest absolute Gasteiger partial charge is 0.252 e. The highest BCUT2D eigenvalue weighted by Gasteiger charge is 2.10. The van der Waals surface area contributed by atoms with Gasteiger partial charge in [-0.05, 0) is 58.5 Å². The van der Waals surface area contributed by atoms with Crippen molar-refractivity contribution in [1.29, 1.82) is 5.26 Å². The lowest BCUT2D eigenvalue weighted by atomic mass is 10.2. The molecule has 0 saturated heterocycles. The van der Waals surface area contributed by atoms with E-state index in [4.69, 9.17) is 10.00 Å². The van der Waals surface area contributed by atoms with Gasteiger partial charge in [0, 0.05) is 10.1 Å². The Morgan fingerprint density at radius 2 is 2.14 bits per heavy atom. The van der Waals surface area contributed by atoms with Gasteiger partial charge in [-0.25, -0.2) is 4.39 Å². The van der Waals surface area contributed by atoms with Crippen molar-refractivity contribution < 1.29 is 13.9 Å². The summed E-state index contributed by atoms with van der Waals surface area (Å²) in [5.41, 5.74) is 1.28. The van der Waals surface area contributed by atoms with Crippen molar-refractivity contribution in [2.75, 3.05) is 6.61 Å².